The second-order valence-corrected chi connectivity index (χ2v) is 9.94. The number of phenolic OH excluding ortho intramolecular Hbond substituents is 1. The van der Waals surface area contributed by atoms with Crippen LogP contribution in [0, 0.1) is 13.8 Å². The van der Waals surface area contributed by atoms with Gasteiger partial charge >= 0.3 is 11.4 Å². The van der Waals surface area contributed by atoms with Crippen LogP contribution in [-0.4, -0.2) is 30.6 Å². The van der Waals surface area contributed by atoms with E-state index in [4.69, 9.17) is 0 Å². The van der Waals surface area contributed by atoms with Crippen molar-refractivity contribution < 1.29 is 14.7 Å². The molecular weight excluding hydrogens is 470 g/mol. The van der Waals surface area contributed by atoms with Crippen molar-refractivity contribution in [2.45, 2.75) is 45.7 Å². The standard InChI is InChI=1S/C29H25N3O5/c1-15-11-18(12-16(2)26(15)34)24-20-9-10-30-28(36)31(19-7-5-4-6-8-19)29(37)32(30)22(20)14-21-23(33)13-17(3)27(35)25(21)24/h4-9,11-13,22,24,34H,10,14H2,1-3H3. The number of hydrogen-bond donors (Lipinski definition) is 1. The fraction of sp³-hybridized carbons (Fsp3) is 0.241. The van der Waals surface area contributed by atoms with Crippen molar-refractivity contribution in [3.8, 4) is 11.4 Å². The minimum Gasteiger partial charge on any atom is -0.507 e. The normalized spacial score (nSPS) is 20.7. The van der Waals surface area contributed by atoms with Gasteiger partial charge in [0, 0.05) is 29.1 Å². The molecule has 2 unspecified atom stereocenters. The average molecular weight is 496 g/mol. The van der Waals surface area contributed by atoms with E-state index in [0.29, 0.717) is 33.5 Å². The summed E-state index contributed by atoms with van der Waals surface area (Å²) in [6, 6.07) is 11.8. The molecule has 186 valence electrons. The van der Waals surface area contributed by atoms with E-state index in [1.807, 2.05) is 24.3 Å². The molecule has 0 radical (unpaired) electrons. The van der Waals surface area contributed by atoms with Gasteiger partial charge in [-0.3, -0.25) is 9.59 Å². The Bertz CT molecular complexity index is 1720. The molecule has 1 aliphatic heterocycles. The number of carbonyl (C=O) groups is 2. The van der Waals surface area contributed by atoms with Gasteiger partial charge in [0.1, 0.15) is 5.75 Å². The van der Waals surface area contributed by atoms with Gasteiger partial charge in [0.05, 0.1) is 18.3 Å². The smallest absolute Gasteiger partial charge is 0.352 e. The van der Waals surface area contributed by atoms with E-state index >= 15 is 0 Å². The van der Waals surface area contributed by atoms with Crippen molar-refractivity contribution in [3.05, 3.63) is 115 Å². The number of fused-ring (bicyclic) bond motifs is 3. The van der Waals surface area contributed by atoms with Gasteiger partial charge in [-0.15, -0.1) is 0 Å². The molecule has 8 nitrogen and oxygen atoms in total. The number of para-hydroxylation sites is 1. The summed E-state index contributed by atoms with van der Waals surface area (Å²) in [5.41, 5.74) is 3.55. The van der Waals surface area contributed by atoms with Gasteiger partial charge in [0.25, 0.3) is 0 Å². The van der Waals surface area contributed by atoms with Crippen molar-refractivity contribution in [1.29, 1.82) is 0 Å². The van der Waals surface area contributed by atoms with Crippen LogP contribution >= 0.6 is 0 Å². The molecule has 8 heteroatoms. The molecular formula is C29H25N3O5. The van der Waals surface area contributed by atoms with Crippen LogP contribution in [0.15, 0.2) is 86.5 Å². The second kappa shape index (κ2) is 8.03. The molecule has 2 heterocycles. The Balaban J connectivity index is 1.61. The first kappa shape index (κ1) is 23.0. The molecule has 0 bridgehead atoms. The minimum absolute atomic E-state index is 0.139. The number of hydrogen-bond acceptors (Lipinski definition) is 5. The van der Waals surface area contributed by atoms with E-state index in [-0.39, 0.29) is 30.3 Å². The first-order chi connectivity index (χ1) is 17.7. The Morgan fingerprint density at radius 1 is 0.919 bits per heavy atom. The van der Waals surface area contributed by atoms with Crippen LogP contribution in [0.25, 0.3) is 5.69 Å². The van der Waals surface area contributed by atoms with Crippen molar-refractivity contribution >= 4 is 11.6 Å². The molecule has 6 rings (SSSR count). The first-order valence-electron chi connectivity index (χ1n) is 12.2. The number of aromatic hydroxyl groups is 1. The minimum atomic E-state index is -0.611. The molecule has 3 aromatic rings. The fourth-order valence-corrected chi connectivity index (χ4v) is 5.97. The Kier molecular flexibility index (Phi) is 4.98. The molecule has 2 aromatic carbocycles. The highest BCUT2D eigenvalue weighted by atomic mass is 16.3. The molecule has 0 amide bonds. The Morgan fingerprint density at radius 3 is 2.27 bits per heavy atom. The quantitative estimate of drug-likeness (QED) is 0.435. The van der Waals surface area contributed by atoms with Gasteiger partial charge in [-0.2, -0.15) is 0 Å². The number of phenols is 1. The number of allylic oxidation sites excluding steroid dienone is 6. The lowest BCUT2D eigenvalue weighted by molar-refractivity contribution is -0.116. The SMILES string of the molecule is CC1=CC(=O)C2=C(C1=O)C(c1cc(C)c(O)c(C)c1)C1=CCn3c(=O)n(-c4ccccc4)c(=O)n3C1C2. The zero-order chi connectivity index (χ0) is 26.2. The van der Waals surface area contributed by atoms with Gasteiger partial charge in [-0.1, -0.05) is 36.4 Å². The van der Waals surface area contributed by atoms with Crippen LogP contribution in [0.3, 0.4) is 0 Å². The highest BCUT2D eigenvalue weighted by molar-refractivity contribution is 6.23. The molecule has 0 spiro atoms. The zero-order valence-electron chi connectivity index (χ0n) is 20.7. The molecule has 0 saturated heterocycles. The number of benzene rings is 2. The monoisotopic (exact) mass is 495 g/mol. The lowest BCUT2D eigenvalue weighted by atomic mass is 9.67. The first-order valence-corrected chi connectivity index (χ1v) is 12.2. The molecule has 3 aliphatic rings. The highest BCUT2D eigenvalue weighted by Crippen LogP contribution is 2.50. The van der Waals surface area contributed by atoms with Crippen molar-refractivity contribution in [2.75, 3.05) is 0 Å². The van der Waals surface area contributed by atoms with E-state index in [2.05, 4.69) is 0 Å². The number of aromatic nitrogens is 3. The third-order valence-electron chi connectivity index (χ3n) is 7.69. The van der Waals surface area contributed by atoms with Gasteiger partial charge < -0.3 is 5.11 Å². The van der Waals surface area contributed by atoms with Crippen LogP contribution in [0.5, 0.6) is 5.75 Å². The summed E-state index contributed by atoms with van der Waals surface area (Å²) in [6.07, 6.45) is 3.40. The summed E-state index contributed by atoms with van der Waals surface area (Å²) in [5, 5.41) is 10.4. The van der Waals surface area contributed by atoms with Crippen LogP contribution in [0.2, 0.25) is 0 Å². The molecule has 0 fully saturated rings. The maximum atomic E-state index is 13.7. The zero-order valence-corrected chi connectivity index (χ0v) is 20.7. The maximum absolute atomic E-state index is 13.7. The van der Waals surface area contributed by atoms with Crippen LogP contribution in [0.4, 0.5) is 0 Å². The van der Waals surface area contributed by atoms with Gasteiger partial charge in [0.2, 0.25) is 0 Å². The molecule has 1 N–H and O–H groups in total. The predicted octanol–water partition coefficient (Wildman–Crippen LogP) is 3.19. The van der Waals surface area contributed by atoms with Gasteiger partial charge in [-0.25, -0.2) is 23.5 Å². The third-order valence-corrected chi connectivity index (χ3v) is 7.69. The van der Waals surface area contributed by atoms with E-state index < -0.39 is 23.3 Å². The molecule has 37 heavy (non-hydrogen) atoms. The van der Waals surface area contributed by atoms with Crippen LogP contribution < -0.4 is 11.4 Å². The Hall–Kier alpha value is -4.46. The summed E-state index contributed by atoms with van der Waals surface area (Å²) in [7, 11) is 0. The van der Waals surface area contributed by atoms with Crippen molar-refractivity contribution in [2.24, 2.45) is 0 Å². The number of Topliss-reactive ketones (excluding diaryl/α,β-unsaturated/α-hetero) is 1. The number of aryl methyl sites for hydroxylation is 2. The Morgan fingerprint density at radius 2 is 1.59 bits per heavy atom. The molecule has 1 aromatic heterocycles. The largest absolute Gasteiger partial charge is 0.507 e. The second-order valence-electron chi connectivity index (χ2n) is 9.94. The maximum Gasteiger partial charge on any atom is 0.352 e. The average Bonchev–Trinajstić information content (AvgIpc) is 3.14. The summed E-state index contributed by atoms with van der Waals surface area (Å²) in [5.74, 6) is -0.851. The van der Waals surface area contributed by atoms with E-state index in [1.54, 1.807) is 45.0 Å². The summed E-state index contributed by atoms with van der Waals surface area (Å²) >= 11 is 0. The number of rotatable bonds is 2. The van der Waals surface area contributed by atoms with Gasteiger partial charge in [0.15, 0.2) is 11.6 Å². The lowest BCUT2D eigenvalue weighted by Gasteiger charge is -2.39. The van der Waals surface area contributed by atoms with E-state index in [0.717, 1.165) is 15.7 Å². The fourth-order valence-electron chi connectivity index (χ4n) is 5.97. The summed E-state index contributed by atoms with van der Waals surface area (Å²) < 4.78 is 3.97. The number of nitrogens with zero attached hydrogens (tertiary/aromatic N) is 3. The predicted molar refractivity (Wildman–Crippen MR) is 137 cm³/mol. The van der Waals surface area contributed by atoms with E-state index in [9.17, 15) is 24.3 Å². The Labute approximate surface area is 212 Å². The number of ketones is 2. The molecule has 0 saturated carbocycles. The highest BCUT2D eigenvalue weighted by Gasteiger charge is 2.45. The van der Waals surface area contributed by atoms with Crippen LogP contribution in [0.1, 0.15) is 42.0 Å². The lowest BCUT2D eigenvalue weighted by Crippen LogP contribution is -2.40. The summed E-state index contributed by atoms with van der Waals surface area (Å²) in [6.45, 7) is 5.37. The summed E-state index contributed by atoms with van der Waals surface area (Å²) in [4.78, 5) is 53.7. The molecule has 2 atom stereocenters. The van der Waals surface area contributed by atoms with Crippen molar-refractivity contribution in [3.63, 3.8) is 0 Å². The van der Waals surface area contributed by atoms with Crippen LogP contribution in [-0.2, 0) is 16.1 Å². The number of carbonyl (C=O) groups excluding carboxylic acids is 2. The molecule has 2 aliphatic carbocycles. The van der Waals surface area contributed by atoms with E-state index in [1.165, 1.54) is 15.4 Å². The third kappa shape index (κ3) is 3.21. The van der Waals surface area contributed by atoms with Gasteiger partial charge in [-0.05, 0) is 61.2 Å². The topological polar surface area (TPSA) is 103 Å². The van der Waals surface area contributed by atoms with Crippen molar-refractivity contribution in [1.82, 2.24) is 13.9 Å².